The molecule has 104 valence electrons. The van der Waals surface area contributed by atoms with Crippen LogP contribution in [0.4, 0.5) is 0 Å². The summed E-state index contributed by atoms with van der Waals surface area (Å²) in [4.78, 5) is 14.0. The van der Waals surface area contributed by atoms with Crippen LogP contribution in [-0.2, 0) is 4.79 Å². The minimum absolute atomic E-state index is 0.0580. The van der Waals surface area contributed by atoms with Gasteiger partial charge in [0.05, 0.1) is 4.47 Å². The van der Waals surface area contributed by atoms with E-state index in [9.17, 15) is 4.79 Å². The number of nitrogens with zero attached hydrogens (tertiary/aromatic N) is 1. The van der Waals surface area contributed by atoms with Crippen molar-refractivity contribution in [3.63, 3.8) is 0 Å². The Morgan fingerprint density at radius 3 is 2.68 bits per heavy atom. The van der Waals surface area contributed by atoms with Crippen molar-refractivity contribution >= 4 is 21.8 Å². The molecular weight excluding hydrogens is 306 g/mol. The SMILES string of the molecule is CN(C(=O)COc1ccccc1Br)C1CCCCC1. The quantitative estimate of drug-likeness (QED) is 0.846. The molecule has 2 rings (SSSR count). The molecule has 4 heteroatoms. The van der Waals surface area contributed by atoms with Gasteiger partial charge in [0.15, 0.2) is 6.61 Å². The van der Waals surface area contributed by atoms with E-state index in [0.717, 1.165) is 17.3 Å². The predicted octanol–water partition coefficient (Wildman–Crippen LogP) is 3.62. The van der Waals surface area contributed by atoms with Gasteiger partial charge in [-0.05, 0) is 40.9 Å². The van der Waals surface area contributed by atoms with Crippen molar-refractivity contribution in [2.75, 3.05) is 13.7 Å². The Morgan fingerprint density at radius 1 is 1.32 bits per heavy atom. The number of hydrogen-bond acceptors (Lipinski definition) is 2. The first kappa shape index (κ1) is 14.4. The highest BCUT2D eigenvalue weighted by Crippen LogP contribution is 2.24. The summed E-state index contributed by atoms with van der Waals surface area (Å²) in [7, 11) is 1.89. The zero-order valence-electron chi connectivity index (χ0n) is 11.3. The number of amides is 1. The van der Waals surface area contributed by atoms with E-state index in [4.69, 9.17) is 4.74 Å². The zero-order chi connectivity index (χ0) is 13.7. The largest absolute Gasteiger partial charge is 0.483 e. The second-order valence-corrected chi connectivity index (χ2v) is 5.87. The summed E-state index contributed by atoms with van der Waals surface area (Å²) in [5.41, 5.74) is 0. The fourth-order valence-corrected chi connectivity index (χ4v) is 2.87. The molecule has 1 aromatic carbocycles. The highest BCUT2D eigenvalue weighted by Gasteiger charge is 2.22. The number of para-hydroxylation sites is 1. The van der Waals surface area contributed by atoms with E-state index in [1.165, 1.54) is 19.3 Å². The lowest BCUT2D eigenvalue weighted by Gasteiger charge is -2.31. The second-order valence-electron chi connectivity index (χ2n) is 5.02. The van der Waals surface area contributed by atoms with Crippen LogP contribution < -0.4 is 4.74 Å². The molecule has 1 saturated carbocycles. The summed E-state index contributed by atoms with van der Waals surface area (Å²) in [5, 5.41) is 0. The highest BCUT2D eigenvalue weighted by atomic mass is 79.9. The maximum Gasteiger partial charge on any atom is 0.260 e. The number of carbonyl (C=O) groups is 1. The Labute approximate surface area is 123 Å². The molecule has 0 spiro atoms. The van der Waals surface area contributed by atoms with Crippen LogP contribution in [0.15, 0.2) is 28.7 Å². The van der Waals surface area contributed by atoms with Gasteiger partial charge >= 0.3 is 0 Å². The fraction of sp³-hybridized carbons (Fsp3) is 0.533. The molecule has 0 aromatic heterocycles. The van der Waals surface area contributed by atoms with Gasteiger partial charge in [-0.2, -0.15) is 0 Å². The number of hydrogen-bond donors (Lipinski definition) is 0. The number of rotatable bonds is 4. The summed E-state index contributed by atoms with van der Waals surface area (Å²) in [6.07, 6.45) is 6.00. The maximum atomic E-state index is 12.1. The molecule has 0 N–H and O–H groups in total. The van der Waals surface area contributed by atoms with E-state index in [1.54, 1.807) is 0 Å². The van der Waals surface area contributed by atoms with Crippen LogP contribution in [0.25, 0.3) is 0 Å². The van der Waals surface area contributed by atoms with Gasteiger partial charge in [0.1, 0.15) is 5.75 Å². The number of halogens is 1. The van der Waals surface area contributed by atoms with Crippen molar-refractivity contribution in [3.8, 4) is 5.75 Å². The first-order valence-corrected chi connectivity index (χ1v) is 7.61. The van der Waals surface area contributed by atoms with Gasteiger partial charge in [0.25, 0.3) is 5.91 Å². The molecular formula is C15H20BrNO2. The van der Waals surface area contributed by atoms with E-state index in [1.807, 2.05) is 36.2 Å². The first-order valence-electron chi connectivity index (χ1n) is 6.81. The average molecular weight is 326 g/mol. The van der Waals surface area contributed by atoms with E-state index in [0.29, 0.717) is 11.8 Å². The standard InChI is InChI=1S/C15H20BrNO2/c1-17(12-7-3-2-4-8-12)15(18)11-19-14-10-6-5-9-13(14)16/h5-6,9-10,12H,2-4,7-8,11H2,1H3. The lowest BCUT2D eigenvalue weighted by Crippen LogP contribution is -2.40. The van der Waals surface area contributed by atoms with Crippen LogP contribution in [0.5, 0.6) is 5.75 Å². The summed E-state index contributed by atoms with van der Waals surface area (Å²) in [5.74, 6) is 0.774. The van der Waals surface area contributed by atoms with Crippen LogP contribution in [0.1, 0.15) is 32.1 Å². The molecule has 1 fully saturated rings. The molecule has 1 aliphatic rings. The van der Waals surface area contributed by atoms with Crippen molar-refractivity contribution in [2.45, 2.75) is 38.1 Å². The monoisotopic (exact) mass is 325 g/mol. The molecule has 19 heavy (non-hydrogen) atoms. The third-order valence-corrected chi connectivity index (χ3v) is 4.36. The molecule has 0 aliphatic heterocycles. The van der Waals surface area contributed by atoms with Crippen LogP contribution in [0.2, 0.25) is 0 Å². The lowest BCUT2D eigenvalue weighted by molar-refractivity contribution is -0.134. The number of carbonyl (C=O) groups excluding carboxylic acids is 1. The van der Waals surface area contributed by atoms with E-state index >= 15 is 0 Å². The summed E-state index contributed by atoms with van der Waals surface area (Å²) in [6, 6.07) is 7.98. The Bertz CT molecular complexity index is 430. The van der Waals surface area contributed by atoms with E-state index < -0.39 is 0 Å². The minimum Gasteiger partial charge on any atom is -0.483 e. The Balaban J connectivity index is 1.85. The fourth-order valence-electron chi connectivity index (χ4n) is 2.48. The summed E-state index contributed by atoms with van der Waals surface area (Å²) >= 11 is 3.41. The van der Waals surface area contributed by atoms with E-state index in [2.05, 4.69) is 15.9 Å². The smallest absolute Gasteiger partial charge is 0.260 e. The van der Waals surface area contributed by atoms with Crippen molar-refractivity contribution < 1.29 is 9.53 Å². The third kappa shape index (κ3) is 3.96. The van der Waals surface area contributed by atoms with Crippen molar-refractivity contribution in [3.05, 3.63) is 28.7 Å². The predicted molar refractivity (Wildman–Crippen MR) is 79.3 cm³/mol. The average Bonchev–Trinajstić information content (AvgIpc) is 2.46. The number of benzene rings is 1. The van der Waals surface area contributed by atoms with Gasteiger partial charge in [-0.1, -0.05) is 31.4 Å². The third-order valence-electron chi connectivity index (χ3n) is 3.70. The van der Waals surface area contributed by atoms with Gasteiger partial charge < -0.3 is 9.64 Å². The van der Waals surface area contributed by atoms with Gasteiger partial charge in [-0.3, -0.25) is 4.79 Å². The summed E-state index contributed by atoms with van der Waals surface area (Å²) < 4.78 is 6.45. The van der Waals surface area contributed by atoms with Crippen LogP contribution in [0, 0.1) is 0 Å². The first-order chi connectivity index (χ1) is 9.18. The molecule has 0 atom stereocenters. The highest BCUT2D eigenvalue weighted by molar-refractivity contribution is 9.10. The maximum absolute atomic E-state index is 12.1. The van der Waals surface area contributed by atoms with Crippen LogP contribution >= 0.6 is 15.9 Å². The van der Waals surface area contributed by atoms with Gasteiger partial charge in [-0.25, -0.2) is 0 Å². The van der Waals surface area contributed by atoms with Gasteiger partial charge in [0.2, 0.25) is 0 Å². The van der Waals surface area contributed by atoms with Crippen molar-refractivity contribution in [1.82, 2.24) is 4.90 Å². The molecule has 1 aromatic rings. The molecule has 0 saturated heterocycles. The van der Waals surface area contributed by atoms with Crippen LogP contribution in [0.3, 0.4) is 0 Å². The number of ether oxygens (including phenoxy) is 1. The van der Waals surface area contributed by atoms with Crippen molar-refractivity contribution in [2.24, 2.45) is 0 Å². The molecule has 3 nitrogen and oxygen atoms in total. The molecule has 0 unspecified atom stereocenters. The lowest BCUT2D eigenvalue weighted by atomic mass is 9.94. The topological polar surface area (TPSA) is 29.5 Å². The molecule has 1 amide bonds. The van der Waals surface area contributed by atoms with E-state index in [-0.39, 0.29) is 12.5 Å². The van der Waals surface area contributed by atoms with Crippen molar-refractivity contribution in [1.29, 1.82) is 0 Å². The second kappa shape index (κ2) is 6.94. The van der Waals surface area contributed by atoms with Gasteiger partial charge in [0, 0.05) is 13.1 Å². The molecule has 0 bridgehead atoms. The Kier molecular flexibility index (Phi) is 5.25. The van der Waals surface area contributed by atoms with Crippen LogP contribution in [-0.4, -0.2) is 30.5 Å². The Hall–Kier alpha value is -1.03. The van der Waals surface area contributed by atoms with Gasteiger partial charge in [-0.15, -0.1) is 0 Å². The molecule has 1 aliphatic carbocycles. The molecule has 0 heterocycles. The number of likely N-dealkylation sites (N-methyl/N-ethyl adjacent to an activating group) is 1. The Morgan fingerprint density at radius 2 is 2.00 bits per heavy atom. The zero-order valence-corrected chi connectivity index (χ0v) is 12.9. The molecule has 0 radical (unpaired) electrons. The minimum atomic E-state index is 0.0580. The normalized spacial score (nSPS) is 16.1. The summed E-state index contributed by atoms with van der Waals surface area (Å²) in [6.45, 7) is 0.107.